The number of hydrogen-bond donors (Lipinski definition) is 1. The van der Waals surface area contributed by atoms with Crippen LogP contribution < -0.4 is 10.1 Å². The first kappa shape index (κ1) is 18.8. The van der Waals surface area contributed by atoms with Crippen LogP contribution in [0.25, 0.3) is 0 Å². The van der Waals surface area contributed by atoms with E-state index in [0.717, 1.165) is 22.9 Å². The van der Waals surface area contributed by atoms with Crippen molar-refractivity contribution in [3.8, 4) is 5.75 Å². The molecular weight excluding hydrogens is 348 g/mol. The summed E-state index contributed by atoms with van der Waals surface area (Å²) in [4.78, 5) is 13.0. The molecule has 26 heavy (non-hydrogen) atoms. The summed E-state index contributed by atoms with van der Waals surface area (Å²) in [7, 11) is 0. The normalized spacial score (nSPS) is 17.7. The topological polar surface area (TPSA) is 69.0 Å². The lowest BCUT2D eigenvalue weighted by molar-refractivity contribution is -0.122. The van der Waals surface area contributed by atoms with Crippen molar-refractivity contribution in [3.63, 3.8) is 0 Å². The molecule has 1 N–H and O–H groups in total. The van der Waals surface area contributed by atoms with E-state index in [1.807, 2.05) is 28.8 Å². The molecule has 2 atom stereocenters. The van der Waals surface area contributed by atoms with Crippen LogP contribution in [0.15, 0.2) is 35.7 Å². The molecule has 0 radical (unpaired) electrons. The van der Waals surface area contributed by atoms with Crippen LogP contribution in [0.4, 0.5) is 0 Å². The van der Waals surface area contributed by atoms with Crippen molar-refractivity contribution in [2.24, 2.45) is 5.92 Å². The third-order valence-corrected chi connectivity index (χ3v) is 5.98. The highest BCUT2D eigenvalue weighted by Crippen LogP contribution is 2.33. The number of benzene rings is 1. The SMILES string of the molecule is CC(C)[C@@H](Sc1nncn1C(C)C)C(=O)N[C@H]1CCOc2ccccc21. The molecule has 7 heteroatoms. The van der Waals surface area contributed by atoms with Gasteiger partial charge in [-0.1, -0.05) is 43.8 Å². The maximum Gasteiger partial charge on any atom is 0.234 e. The van der Waals surface area contributed by atoms with E-state index < -0.39 is 0 Å². The minimum absolute atomic E-state index is 0.0164. The maximum absolute atomic E-state index is 13.0. The lowest BCUT2D eigenvalue weighted by Crippen LogP contribution is -2.40. The Bertz CT molecular complexity index is 760. The van der Waals surface area contributed by atoms with Crippen molar-refractivity contribution in [2.45, 2.75) is 56.6 Å². The van der Waals surface area contributed by atoms with E-state index in [0.29, 0.717) is 6.61 Å². The first-order valence-corrected chi connectivity index (χ1v) is 9.93. The van der Waals surface area contributed by atoms with E-state index in [9.17, 15) is 4.79 Å². The standard InChI is InChI=1S/C19H26N4O2S/c1-12(2)17(26-19-22-20-11-23(19)13(3)4)18(24)21-15-9-10-25-16-8-6-5-7-14(15)16/h5-8,11-13,15,17H,9-10H2,1-4H3,(H,21,24)/t15-,17+/m0/s1. The number of rotatable bonds is 6. The lowest BCUT2D eigenvalue weighted by Gasteiger charge is -2.29. The van der Waals surface area contributed by atoms with Crippen LogP contribution in [0.2, 0.25) is 0 Å². The molecule has 3 rings (SSSR count). The minimum Gasteiger partial charge on any atom is -0.493 e. The average Bonchev–Trinajstić information content (AvgIpc) is 3.08. The number of hydrogen-bond acceptors (Lipinski definition) is 5. The van der Waals surface area contributed by atoms with Crippen LogP contribution in [0.3, 0.4) is 0 Å². The predicted molar refractivity (Wildman–Crippen MR) is 102 cm³/mol. The number of carbonyl (C=O) groups excluding carboxylic acids is 1. The van der Waals surface area contributed by atoms with Gasteiger partial charge in [-0.3, -0.25) is 4.79 Å². The monoisotopic (exact) mass is 374 g/mol. The summed E-state index contributed by atoms with van der Waals surface area (Å²) in [5.74, 6) is 1.06. The number of thioether (sulfide) groups is 1. The van der Waals surface area contributed by atoms with Crippen LogP contribution in [0, 0.1) is 5.92 Å². The molecule has 140 valence electrons. The summed E-state index contributed by atoms with van der Waals surface area (Å²) >= 11 is 1.48. The van der Waals surface area contributed by atoms with Crippen LogP contribution >= 0.6 is 11.8 Å². The van der Waals surface area contributed by atoms with E-state index in [2.05, 4.69) is 43.2 Å². The predicted octanol–water partition coefficient (Wildman–Crippen LogP) is 3.62. The Hall–Kier alpha value is -2.02. The van der Waals surface area contributed by atoms with Crippen LogP contribution in [0.5, 0.6) is 5.75 Å². The van der Waals surface area contributed by atoms with E-state index in [1.165, 1.54) is 11.8 Å². The Balaban J connectivity index is 1.75. The van der Waals surface area contributed by atoms with Crippen molar-refractivity contribution in [2.75, 3.05) is 6.61 Å². The molecule has 0 unspecified atom stereocenters. The molecule has 1 aliphatic heterocycles. The molecule has 0 aliphatic carbocycles. The Kier molecular flexibility index (Phi) is 5.86. The molecule has 2 heterocycles. The van der Waals surface area contributed by atoms with Gasteiger partial charge < -0.3 is 14.6 Å². The highest BCUT2D eigenvalue weighted by molar-refractivity contribution is 8.00. The molecule has 6 nitrogen and oxygen atoms in total. The number of amides is 1. The molecule has 1 amide bonds. The van der Waals surface area contributed by atoms with Gasteiger partial charge in [-0.05, 0) is 25.8 Å². The van der Waals surface area contributed by atoms with Crippen molar-refractivity contribution >= 4 is 17.7 Å². The molecule has 2 aromatic rings. The van der Waals surface area contributed by atoms with Crippen LogP contribution in [-0.4, -0.2) is 32.5 Å². The van der Waals surface area contributed by atoms with Crippen molar-refractivity contribution < 1.29 is 9.53 Å². The highest BCUT2D eigenvalue weighted by Gasteiger charge is 2.30. The largest absolute Gasteiger partial charge is 0.493 e. The van der Waals surface area contributed by atoms with Gasteiger partial charge >= 0.3 is 0 Å². The highest BCUT2D eigenvalue weighted by atomic mass is 32.2. The number of carbonyl (C=O) groups is 1. The Labute approximate surface area is 158 Å². The van der Waals surface area contributed by atoms with E-state index in [4.69, 9.17) is 4.74 Å². The third kappa shape index (κ3) is 4.03. The Morgan fingerprint density at radius 3 is 2.81 bits per heavy atom. The summed E-state index contributed by atoms with van der Waals surface area (Å²) in [6.45, 7) is 8.90. The van der Waals surface area contributed by atoms with Gasteiger partial charge in [0.15, 0.2) is 5.16 Å². The summed E-state index contributed by atoms with van der Waals surface area (Å²) < 4.78 is 7.69. The minimum atomic E-state index is -0.230. The lowest BCUT2D eigenvalue weighted by atomic mass is 10.00. The van der Waals surface area contributed by atoms with Crippen molar-refractivity contribution in [3.05, 3.63) is 36.2 Å². The van der Waals surface area contributed by atoms with E-state index in [-0.39, 0.29) is 29.2 Å². The fourth-order valence-corrected chi connectivity index (χ4v) is 4.17. The van der Waals surface area contributed by atoms with Crippen molar-refractivity contribution in [1.29, 1.82) is 0 Å². The molecule has 1 aromatic carbocycles. The second-order valence-corrected chi connectivity index (χ2v) is 8.24. The molecule has 1 aliphatic rings. The summed E-state index contributed by atoms with van der Waals surface area (Å²) in [6.07, 6.45) is 2.50. The number of nitrogens with one attached hydrogen (secondary N) is 1. The average molecular weight is 375 g/mol. The first-order chi connectivity index (χ1) is 12.5. The molecule has 0 fully saturated rings. The quantitative estimate of drug-likeness (QED) is 0.782. The molecule has 0 spiro atoms. The van der Waals surface area contributed by atoms with E-state index in [1.54, 1.807) is 6.33 Å². The van der Waals surface area contributed by atoms with Gasteiger partial charge in [0.2, 0.25) is 5.91 Å². The Morgan fingerprint density at radius 2 is 2.08 bits per heavy atom. The van der Waals surface area contributed by atoms with Crippen LogP contribution in [0.1, 0.15) is 51.8 Å². The molecular formula is C19H26N4O2S. The first-order valence-electron chi connectivity index (χ1n) is 9.05. The van der Waals surface area contributed by atoms with Gasteiger partial charge in [0.25, 0.3) is 0 Å². The zero-order chi connectivity index (χ0) is 18.7. The van der Waals surface area contributed by atoms with Crippen molar-refractivity contribution in [1.82, 2.24) is 20.1 Å². The number of nitrogens with zero attached hydrogens (tertiary/aromatic N) is 3. The van der Waals surface area contributed by atoms with Gasteiger partial charge in [0.1, 0.15) is 12.1 Å². The zero-order valence-corrected chi connectivity index (χ0v) is 16.5. The number of aromatic nitrogens is 3. The van der Waals surface area contributed by atoms with Gasteiger partial charge in [-0.15, -0.1) is 10.2 Å². The summed E-state index contributed by atoms with van der Waals surface area (Å²) in [5, 5.41) is 12.0. The molecule has 1 aromatic heterocycles. The second kappa shape index (κ2) is 8.12. The Morgan fingerprint density at radius 1 is 1.31 bits per heavy atom. The fraction of sp³-hybridized carbons (Fsp3) is 0.526. The summed E-state index contributed by atoms with van der Waals surface area (Å²) in [6, 6.07) is 8.14. The smallest absolute Gasteiger partial charge is 0.234 e. The van der Waals surface area contributed by atoms with Gasteiger partial charge in [-0.2, -0.15) is 0 Å². The molecule has 0 saturated carbocycles. The second-order valence-electron chi connectivity index (χ2n) is 7.13. The maximum atomic E-state index is 13.0. The number of fused-ring (bicyclic) bond motifs is 1. The molecule has 0 bridgehead atoms. The van der Waals surface area contributed by atoms with Gasteiger partial charge in [-0.25, -0.2) is 0 Å². The summed E-state index contributed by atoms with van der Waals surface area (Å²) in [5.41, 5.74) is 1.05. The molecule has 0 saturated heterocycles. The zero-order valence-electron chi connectivity index (χ0n) is 15.7. The number of para-hydroxylation sites is 1. The fourth-order valence-electron chi connectivity index (χ4n) is 3.02. The van der Waals surface area contributed by atoms with Gasteiger partial charge in [0.05, 0.1) is 17.9 Å². The van der Waals surface area contributed by atoms with Crippen LogP contribution in [-0.2, 0) is 4.79 Å². The third-order valence-electron chi connectivity index (χ3n) is 4.47. The number of ether oxygens (including phenoxy) is 1. The van der Waals surface area contributed by atoms with Gasteiger partial charge in [0, 0.05) is 18.0 Å². The van der Waals surface area contributed by atoms with E-state index >= 15 is 0 Å².